The SMILES string of the molecule is CC1CC(C)CC(NCC(C(C)C)N(C)C)C1. The van der Waals surface area contributed by atoms with E-state index in [0.29, 0.717) is 6.04 Å². The maximum absolute atomic E-state index is 3.80. The minimum atomic E-state index is 0.655. The van der Waals surface area contributed by atoms with E-state index in [1.54, 1.807) is 0 Å². The molecule has 1 aliphatic rings. The molecule has 0 aromatic rings. The first-order valence-corrected chi connectivity index (χ1v) is 7.30. The molecule has 0 aromatic carbocycles. The summed E-state index contributed by atoms with van der Waals surface area (Å²) in [5, 5.41) is 3.80. The van der Waals surface area contributed by atoms with Crippen LogP contribution in [-0.4, -0.2) is 37.6 Å². The predicted octanol–water partition coefficient (Wildman–Crippen LogP) is 2.99. The molecule has 0 bridgehead atoms. The van der Waals surface area contributed by atoms with Crippen molar-refractivity contribution in [1.82, 2.24) is 10.2 Å². The van der Waals surface area contributed by atoms with E-state index >= 15 is 0 Å². The van der Waals surface area contributed by atoms with Gasteiger partial charge in [0.2, 0.25) is 0 Å². The first-order valence-electron chi connectivity index (χ1n) is 7.30. The maximum Gasteiger partial charge on any atom is 0.0237 e. The molecule has 1 rings (SSSR count). The molecule has 1 saturated carbocycles. The summed E-state index contributed by atoms with van der Waals surface area (Å²) in [7, 11) is 4.39. The van der Waals surface area contributed by atoms with Crippen molar-refractivity contribution >= 4 is 0 Å². The van der Waals surface area contributed by atoms with Crippen LogP contribution in [0.2, 0.25) is 0 Å². The van der Waals surface area contributed by atoms with Gasteiger partial charge in [-0.25, -0.2) is 0 Å². The molecular formula is C15H32N2. The Kier molecular flexibility index (Phi) is 5.94. The summed E-state index contributed by atoms with van der Waals surface area (Å²) in [4.78, 5) is 2.35. The highest BCUT2D eigenvalue weighted by atomic mass is 15.1. The van der Waals surface area contributed by atoms with Gasteiger partial charge in [0.05, 0.1) is 0 Å². The highest BCUT2D eigenvalue weighted by Crippen LogP contribution is 2.28. The molecule has 2 heteroatoms. The Bertz CT molecular complexity index is 195. The van der Waals surface area contributed by atoms with Gasteiger partial charge >= 0.3 is 0 Å². The summed E-state index contributed by atoms with van der Waals surface area (Å²) in [6, 6.07) is 1.40. The van der Waals surface area contributed by atoms with Gasteiger partial charge in [-0.15, -0.1) is 0 Å². The van der Waals surface area contributed by atoms with Gasteiger partial charge in [-0.05, 0) is 51.1 Å². The number of hydrogen-bond donors (Lipinski definition) is 1. The van der Waals surface area contributed by atoms with Crippen LogP contribution in [0.3, 0.4) is 0 Å². The van der Waals surface area contributed by atoms with Gasteiger partial charge in [-0.2, -0.15) is 0 Å². The monoisotopic (exact) mass is 240 g/mol. The van der Waals surface area contributed by atoms with Crippen molar-refractivity contribution in [2.45, 2.75) is 59.0 Å². The van der Waals surface area contributed by atoms with Crippen LogP contribution < -0.4 is 5.32 Å². The number of nitrogens with one attached hydrogen (secondary N) is 1. The number of likely N-dealkylation sites (N-methyl/N-ethyl adjacent to an activating group) is 1. The third-order valence-corrected chi connectivity index (χ3v) is 4.23. The van der Waals surface area contributed by atoms with E-state index in [4.69, 9.17) is 0 Å². The van der Waals surface area contributed by atoms with Crippen molar-refractivity contribution in [3.8, 4) is 0 Å². The van der Waals surface area contributed by atoms with Crippen LogP contribution in [-0.2, 0) is 0 Å². The van der Waals surface area contributed by atoms with E-state index in [0.717, 1.165) is 30.3 Å². The van der Waals surface area contributed by atoms with E-state index in [1.807, 2.05) is 0 Å². The zero-order valence-corrected chi connectivity index (χ0v) is 12.7. The van der Waals surface area contributed by atoms with Gasteiger partial charge in [-0.3, -0.25) is 0 Å². The summed E-state index contributed by atoms with van der Waals surface area (Å²) in [6.45, 7) is 10.6. The van der Waals surface area contributed by atoms with Crippen LogP contribution >= 0.6 is 0 Å². The molecule has 2 nitrogen and oxygen atoms in total. The first-order chi connectivity index (χ1) is 7.90. The largest absolute Gasteiger partial charge is 0.312 e. The Balaban J connectivity index is 2.38. The average molecular weight is 240 g/mol. The maximum atomic E-state index is 3.80. The summed E-state index contributed by atoms with van der Waals surface area (Å²) in [6.07, 6.45) is 4.14. The topological polar surface area (TPSA) is 15.3 Å². The molecule has 1 N–H and O–H groups in total. The molecule has 0 heterocycles. The lowest BCUT2D eigenvalue weighted by Crippen LogP contribution is -2.46. The normalized spacial score (nSPS) is 32.1. The second-order valence-corrected chi connectivity index (χ2v) is 6.80. The van der Waals surface area contributed by atoms with Crippen LogP contribution in [0.5, 0.6) is 0 Å². The van der Waals surface area contributed by atoms with Crippen molar-refractivity contribution in [2.75, 3.05) is 20.6 Å². The smallest absolute Gasteiger partial charge is 0.0237 e. The summed E-state index contributed by atoms with van der Waals surface area (Å²) < 4.78 is 0. The summed E-state index contributed by atoms with van der Waals surface area (Å²) >= 11 is 0. The van der Waals surface area contributed by atoms with E-state index in [-0.39, 0.29) is 0 Å². The Labute approximate surface area is 108 Å². The molecule has 0 saturated heterocycles. The van der Waals surface area contributed by atoms with Crippen LogP contribution in [0, 0.1) is 17.8 Å². The molecule has 102 valence electrons. The van der Waals surface area contributed by atoms with Gasteiger partial charge in [0.25, 0.3) is 0 Å². The second-order valence-electron chi connectivity index (χ2n) is 6.80. The molecule has 3 unspecified atom stereocenters. The number of rotatable bonds is 5. The minimum absolute atomic E-state index is 0.655. The fourth-order valence-electron chi connectivity index (χ4n) is 3.42. The van der Waals surface area contributed by atoms with Gasteiger partial charge in [-0.1, -0.05) is 27.7 Å². The molecule has 0 aromatic heterocycles. The average Bonchev–Trinajstić information content (AvgIpc) is 2.14. The summed E-state index contributed by atoms with van der Waals surface area (Å²) in [5.41, 5.74) is 0. The van der Waals surface area contributed by atoms with Crippen molar-refractivity contribution in [2.24, 2.45) is 17.8 Å². The van der Waals surface area contributed by atoms with Crippen LogP contribution in [0.1, 0.15) is 47.0 Å². The third-order valence-electron chi connectivity index (χ3n) is 4.23. The highest BCUT2D eigenvalue weighted by molar-refractivity contribution is 4.82. The fraction of sp³-hybridized carbons (Fsp3) is 1.00. The molecule has 0 spiro atoms. The molecular weight excluding hydrogens is 208 g/mol. The lowest BCUT2D eigenvalue weighted by Gasteiger charge is -2.35. The Morgan fingerprint density at radius 3 is 2.00 bits per heavy atom. The molecule has 17 heavy (non-hydrogen) atoms. The van der Waals surface area contributed by atoms with Crippen molar-refractivity contribution in [3.05, 3.63) is 0 Å². The lowest BCUT2D eigenvalue weighted by molar-refractivity contribution is 0.190. The van der Waals surface area contributed by atoms with Gasteiger partial charge in [0.1, 0.15) is 0 Å². The van der Waals surface area contributed by atoms with E-state index in [9.17, 15) is 0 Å². The number of hydrogen-bond acceptors (Lipinski definition) is 2. The molecule has 3 atom stereocenters. The molecule has 0 aliphatic heterocycles. The standard InChI is InChI=1S/C15H32N2/c1-11(2)15(17(5)6)10-16-14-8-12(3)7-13(4)9-14/h11-16H,7-10H2,1-6H3. The van der Waals surface area contributed by atoms with E-state index < -0.39 is 0 Å². The minimum Gasteiger partial charge on any atom is -0.312 e. The van der Waals surface area contributed by atoms with Crippen molar-refractivity contribution < 1.29 is 0 Å². The van der Waals surface area contributed by atoms with Gasteiger partial charge in [0.15, 0.2) is 0 Å². The van der Waals surface area contributed by atoms with Gasteiger partial charge < -0.3 is 10.2 Å². The first kappa shape index (κ1) is 15.0. The van der Waals surface area contributed by atoms with Crippen molar-refractivity contribution in [3.63, 3.8) is 0 Å². The second kappa shape index (κ2) is 6.75. The highest BCUT2D eigenvalue weighted by Gasteiger charge is 2.25. The zero-order chi connectivity index (χ0) is 13.0. The third kappa shape index (κ3) is 4.97. The van der Waals surface area contributed by atoms with Crippen molar-refractivity contribution in [1.29, 1.82) is 0 Å². The van der Waals surface area contributed by atoms with Crippen LogP contribution in [0.15, 0.2) is 0 Å². The van der Waals surface area contributed by atoms with E-state index in [1.165, 1.54) is 19.3 Å². The Hall–Kier alpha value is -0.0800. The fourth-order valence-corrected chi connectivity index (χ4v) is 3.42. The molecule has 1 aliphatic carbocycles. The lowest BCUT2D eigenvalue weighted by atomic mass is 9.80. The quantitative estimate of drug-likeness (QED) is 0.795. The Morgan fingerprint density at radius 1 is 1.06 bits per heavy atom. The van der Waals surface area contributed by atoms with E-state index in [2.05, 4.69) is 52.0 Å². The summed E-state index contributed by atoms with van der Waals surface area (Å²) in [5.74, 6) is 2.51. The van der Waals surface area contributed by atoms with Gasteiger partial charge in [0, 0.05) is 18.6 Å². The molecule has 0 amide bonds. The Morgan fingerprint density at radius 2 is 1.59 bits per heavy atom. The molecule has 1 fully saturated rings. The molecule has 0 radical (unpaired) electrons. The van der Waals surface area contributed by atoms with Crippen LogP contribution in [0.4, 0.5) is 0 Å². The van der Waals surface area contributed by atoms with Crippen LogP contribution in [0.25, 0.3) is 0 Å². The number of nitrogens with zero attached hydrogens (tertiary/aromatic N) is 1. The predicted molar refractivity (Wildman–Crippen MR) is 76.3 cm³/mol. The zero-order valence-electron chi connectivity index (χ0n) is 12.7.